The predicted octanol–water partition coefficient (Wildman–Crippen LogP) is 4.65. The second-order valence-corrected chi connectivity index (χ2v) is 5.38. The number of hydrogen-bond donors (Lipinski definition) is 2. The van der Waals surface area contributed by atoms with Crippen molar-refractivity contribution in [1.82, 2.24) is 5.32 Å². The van der Waals surface area contributed by atoms with Gasteiger partial charge in [-0.2, -0.15) is 0 Å². The summed E-state index contributed by atoms with van der Waals surface area (Å²) in [6.45, 7) is 7.84. The summed E-state index contributed by atoms with van der Waals surface area (Å²) in [5.41, 5.74) is 1.27. The van der Waals surface area contributed by atoms with Crippen LogP contribution in [0.5, 0.6) is 5.75 Å². The third kappa shape index (κ3) is 5.65. The Morgan fingerprint density at radius 2 is 1.74 bits per heavy atom. The summed E-state index contributed by atoms with van der Waals surface area (Å²) in [7, 11) is 0. The van der Waals surface area contributed by atoms with Gasteiger partial charge in [0.15, 0.2) is 0 Å². The molecular formula is C17H29NO. The summed E-state index contributed by atoms with van der Waals surface area (Å²) in [4.78, 5) is 0. The first-order valence-electron chi connectivity index (χ1n) is 7.73. The molecule has 2 heteroatoms. The van der Waals surface area contributed by atoms with Gasteiger partial charge in [-0.15, -0.1) is 0 Å². The molecule has 19 heavy (non-hydrogen) atoms. The van der Waals surface area contributed by atoms with Crippen molar-refractivity contribution >= 4 is 0 Å². The van der Waals surface area contributed by atoms with Gasteiger partial charge in [0.2, 0.25) is 0 Å². The normalized spacial score (nSPS) is 14.3. The lowest BCUT2D eigenvalue weighted by molar-refractivity contribution is 0.386. The number of nitrogens with one attached hydrogen (secondary N) is 1. The molecule has 0 aliphatic carbocycles. The van der Waals surface area contributed by atoms with Crippen molar-refractivity contribution < 1.29 is 5.11 Å². The Kier molecular flexibility index (Phi) is 7.57. The molecule has 0 radical (unpaired) electrons. The van der Waals surface area contributed by atoms with Crippen LogP contribution in [-0.2, 0) is 0 Å². The second-order valence-electron chi connectivity index (χ2n) is 5.38. The highest BCUT2D eigenvalue weighted by Gasteiger charge is 2.12. The molecule has 0 aliphatic heterocycles. The van der Waals surface area contributed by atoms with Crippen molar-refractivity contribution in [3.8, 4) is 5.75 Å². The third-order valence-electron chi connectivity index (χ3n) is 3.90. The van der Waals surface area contributed by atoms with Crippen molar-refractivity contribution in [2.24, 2.45) is 5.92 Å². The summed E-state index contributed by atoms with van der Waals surface area (Å²) in [6, 6.07) is 7.98. The van der Waals surface area contributed by atoms with Gasteiger partial charge in [-0.3, -0.25) is 0 Å². The van der Waals surface area contributed by atoms with E-state index in [9.17, 15) is 5.11 Å². The molecule has 0 fully saturated rings. The fourth-order valence-corrected chi connectivity index (χ4v) is 2.46. The maximum atomic E-state index is 9.34. The quantitative estimate of drug-likeness (QED) is 0.679. The zero-order chi connectivity index (χ0) is 14.1. The number of benzene rings is 1. The van der Waals surface area contributed by atoms with Gasteiger partial charge in [0.1, 0.15) is 5.75 Å². The van der Waals surface area contributed by atoms with Gasteiger partial charge < -0.3 is 10.4 Å². The Morgan fingerprint density at radius 3 is 2.26 bits per heavy atom. The van der Waals surface area contributed by atoms with Crippen molar-refractivity contribution in [1.29, 1.82) is 0 Å². The van der Waals surface area contributed by atoms with E-state index in [0.29, 0.717) is 11.8 Å². The Labute approximate surface area is 118 Å². The van der Waals surface area contributed by atoms with Gasteiger partial charge in [0, 0.05) is 6.04 Å². The first-order valence-corrected chi connectivity index (χ1v) is 7.73. The van der Waals surface area contributed by atoms with Gasteiger partial charge in [-0.05, 0) is 43.0 Å². The highest BCUT2D eigenvalue weighted by atomic mass is 16.3. The molecule has 0 bridgehead atoms. The minimum atomic E-state index is 0.341. The summed E-state index contributed by atoms with van der Waals surface area (Å²) in [6.07, 6.45) is 6.27. The lowest BCUT2D eigenvalue weighted by Gasteiger charge is -2.22. The van der Waals surface area contributed by atoms with Gasteiger partial charge in [0.25, 0.3) is 0 Å². The van der Waals surface area contributed by atoms with Crippen LogP contribution < -0.4 is 5.32 Å². The minimum absolute atomic E-state index is 0.341. The molecule has 108 valence electrons. The number of phenols is 1. The van der Waals surface area contributed by atoms with Gasteiger partial charge in [0.05, 0.1) is 0 Å². The highest BCUT2D eigenvalue weighted by molar-refractivity contribution is 5.27. The van der Waals surface area contributed by atoms with E-state index in [0.717, 1.165) is 18.9 Å². The lowest BCUT2D eigenvalue weighted by Crippen LogP contribution is -2.27. The molecule has 1 rings (SSSR count). The molecule has 1 aromatic carbocycles. The maximum Gasteiger partial charge on any atom is 0.115 e. The molecular weight excluding hydrogens is 234 g/mol. The molecule has 0 saturated heterocycles. The number of rotatable bonds is 9. The molecule has 0 heterocycles. The highest BCUT2D eigenvalue weighted by Crippen LogP contribution is 2.20. The van der Waals surface area contributed by atoms with E-state index in [4.69, 9.17) is 0 Å². The van der Waals surface area contributed by atoms with Crippen LogP contribution in [0.25, 0.3) is 0 Å². The monoisotopic (exact) mass is 263 g/mol. The number of aromatic hydroxyl groups is 1. The van der Waals surface area contributed by atoms with Crippen LogP contribution in [0, 0.1) is 5.92 Å². The Bertz CT molecular complexity index is 334. The average Bonchev–Trinajstić information content (AvgIpc) is 2.44. The van der Waals surface area contributed by atoms with Crippen LogP contribution in [0.15, 0.2) is 24.3 Å². The zero-order valence-corrected chi connectivity index (χ0v) is 12.7. The first kappa shape index (κ1) is 16.0. The summed E-state index contributed by atoms with van der Waals surface area (Å²) in [5, 5.41) is 13.0. The van der Waals surface area contributed by atoms with E-state index in [1.807, 2.05) is 12.1 Å². The molecule has 0 saturated carbocycles. The van der Waals surface area contributed by atoms with Crippen LogP contribution in [0.4, 0.5) is 0 Å². The lowest BCUT2D eigenvalue weighted by atomic mass is 9.97. The van der Waals surface area contributed by atoms with Crippen molar-refractivity contribution in [3.05, 3.63) is 29.8 Å². The van der Waals surface area contributed by atoms with Gasteiger partial charge >= 0.3 is 0 Å². The molecule has 0 spiro atoms. The van der Waals surface area contributed by atoms with E-state index in [1.54, 1.807) is 12.1 Å². The molecule has 0 aliphatic rings. The van der Waals surface area contributed by atoms with Crippen LogP contribution >= 0.6 is 0 Å². The predicted molar refractivity (Wildman–Crippen MR) is 82.4 cm³/mol. The molecule has 2 atom stereocenters. The fourth-order valence-electron chi connectivity index (χ4n) is 2.46. The van der Waals surface area contributed by atoms with Crippen molar-refractivity contribution in [3.63, 3.8) is 0 Å². The fraction of sp³-hybridized carbons (Fsp3) is 0.647. The van der Waals surface area contributed by atoms with E-state index < -0.39 is 0 Å². The molecule has 0 aromatic heterocycles. The molecule has 2 N–H and O–H groups in total. The van der Waals surface area contributed by atoms with Crippen molar-refractivity contribution in [2.75, 3.05) is 6.54 Å². The average molecular weight is 263 g/mol. The number of phenolic OH excluding ortho intramolecular Hbond substituents is 1. The third-order valence-corrected chi connectivity index (χ3v) is 3.90. The number of hydrogen-bond acceptors (Lipinski definition) is 2. The van der Waals surface area contributed by atoms with E-state index in [1.165, 1.54) is 31.2 Å². The Balaban J connectivity index is 2.49. The van der Waals surface area contributed by atoms with Crippen LogP contribution in [0.2, 0.25) is 0 Å². The molecule has 2 nitrogen and oxygen atoms in total. The van der Waals surface area contributed by atoms with E-state index in [2.05, 4.69) is 26.1 Å². The Hall–Kier alpha value is -1.02. The van der Waals surface area contributed by atoms with Crippen LogP contribution in [0.1, 0.15) is 64.5 Å². The number of unbranched alkanes of at least 4 members (excludes halogenated alkanes) is 1. The summed E-state index contributed by atoms with van der Waals surface area (Å²) >= 11 is 0. The van der Waals surface area contributed by atoms with E-state index in [-0.39, 0.29) is 0 Å². The zero-order valence-electron chi connectivity index (χ0n) is 12.7. The van der Waals surface area contributed by atoms with Crippen LogP contribution in [0.3, 0.4) is 0 Å². The smallest absolute Gasteiger partial charge is 0.115 e. The first-order chi connectivity index (χ1) is 9.21. The second kappa shape index (κ2) is 8.98. The summed E-state index contributed by atoms with van der Waals surface area (Å²) < 4.78 is 0. The van der Waals surface area contributed by atoms with E-state index >= 15 is 0 Å². The van der Waals surface area contributed by atoms with Gasteiger partial charge in [-0.25, -0.2) is 0 Å². The molecule has 0 amide bonds. The topological polar surface area (TPSA) is 32.3 Å². The van der Waals surface area contributed by atoms with Crippen LogP contribution in [-0.4, -0.2) is 11.7 Å². The maximum absolute atomic E-state index is 9.34. The van der Waals surface area contributed by atoms with Crippen molar-refractivity contribution in [2.45, 2.75) is 58.9 Å². The summed E-state index contributed by atoms with van der Waals surface area (Å²) in [5.74, 6) is 1.12. The largest absolute Gasteiger partial charge is 0.508 e. The molecule has 2 unspecified atom stereocenters. The van der Waals surface area contributed by atoms with Gasteiger partial charge in [-0.1, -0.05) is 52.2 Å². The Morgan fingerprint density at radius 1 is 1.05 bits per heavy atom. The minimum Gasteiger partial charge on any atom is -0.508 e. The SMILES string of the molecule is CCCCC(CC)CNC(CC)c1ccc(O)cc1. The standard InChI is InChI=1S/C17H29NO/c1-4-7-8-14(5-2)13-18-17(6-3)15-9-11-16(19)12-10-15/h9-12,14,17-19H,4-8,13H2,1-3H3. The molecule has 1 aromatic rings.